The fraction of sp³-hybridized carbons (Fsp3) is 0.667. The van der Waals surface area contributed by atoms with Gasteiger partial charge in [0.25, 0.3) is 0 Å². The summed E-state index contributed by atoms with van der Waals surface area (Å²) in [7, 11) is 1.35. The Bertz CT molecular complexity index is 141. The zero-order chi connectivity index (χ0) is 9.23. The van der Waals surface area contributed by atoms with Crippen LogP contribution < -0.4 is 0 Å². The normalized spacial score (nSPS) is 10.5. The van der Waals surface area contributed by atoms with Crippen molar-refractivity contribution in [1.29, 1.82) is 0 Å². The summed E-state index contributed by atoms with van der Waals surface area (Å²) in [6, 6.07) is 0. The minimum absolute atomic E-state index is 0.339. The quantitative estimate of drug-likeness (QED) is 0.346. The van der Waals surface area contributed by atoms with Gasteiger partial charge in [-0.2, -0.15) is 0 Å². The third kappa shape index (κ3) is 7.28. The van der Waals surface area contributed by atoms with Crippen LogP contribution in [0.3, 0.4) is 0 Å². The van der Waals surface area contributed by atoms with E-state index < -0.39 is 0 Å². The molecule has 0 rings (SSSR count). The van der Waals surface area contributed by atoms with E-state index in [1.54, 1.807) is 6.08 Å². The van der Waals surface area contributed by atoms with Gasteiger partial charge in [0.15, 0.2) is 0 Å². The zero-order valence-electron chi connectivity index (χ0n) is 7.71. The first-order valence-corrected chi connectivity index (χ1v) is 4.13. The molecule has 0 spiro atoms. The smallest absolute Gasteiger partial charge is 0.330 e. The predicted molar refractivity (Wildman–Crippen MR) is 46.9 cm³/mol. The molecule has 0 saturated carbocycles. The summed E-state index contributed by atoms with van der Waals surface area (Å²) in [5, 5.41) is 0. The minimum atomic E-state index is -0.339. The molecule has 0 amide bonds. The Morgan fingerprint density at radius 3 is 2.83 bits per heavy atom. The van der Waals surface area contributed by atoms with Crippen LogP contribution in [-0.2, 0) is 14.3 Å². The maximum absolute atomic E-state index is 10.5. The number of ether oxygens (including phenoxy) is 2. The lowest BCUT2D eigenvalue weighted by Crippen LogP contribution is -1.97. The highest BCUT2D eigenvalue weighted by atomic mass is 16.5. The maximum atomic E-state index is 10.5. The molecule has 0 unspecified atom stereocenters. The van der Waals surface area contributed by atoms with Gasteiger partial charge in [-0.15, -0.1) is 0 Å². The topological polar surface area (TPSA) is 35.5 Å². The van der Waals surface area contributed by atoms with E-state index in [1.807, 2.05) is 0 Å². The van der Waals surface area contributed by atoms with Gasteiger partial charge in [-0.25, -0.2) is 4.79 Å². The van der Waals surface area contributed by atoms with Crippen LogP contribution in [0.1, 0.15) is 19.8 Å². The van der Waals surface area contributed by atoms with E-state index in [1.165, 1.54) is 13.2 Å². The summed E-state index contributed by atoms with van der Waals surface area (Å²) in [4.78, 5) is 10.5. The summed E-state index contributed by atoms with van der Waals surface area (Å²) in [6.45, 7) is 3.34. The number of esters is 1. The number of hydrogen-bond acceptors (Lipinski definition) is 3. The molecule has 3 heteroatoms. The Kier molecular flexibility index (Phi) is 7.70. The van der Waals surface area contributed by atoms with Crippen LogP contribution in [-0.4, -0.2) is 26.3 Å². The lowest BCUT2D eigenvalue weighted by Gasteiger charge is -1.97. The molecule has 3 nitrogen and oxygen atoms in total. The van der Waals surface area contributed by atoms with E-state index >= 15 is 0 Å². The number of rotatable bonds is 6. The summed E-state index contributed by atoms with van der Waals surface area (Å²) >= 11 is 0. The summed E-state index contributed by atoms with van der Waals surface area (Å²) in [5.41, 5.74) is 0. The van der Waals surface area contributed by atoms with Crippen molar-refractivity contribution >= 4 is 5.97 Å². The highest BCUT2D eigenvalue weighted by Crippen LogP contribution is 1.88. The van der Waals surface area contributed by atoms with Gasteiger partial charge in [0.2, 0.25) is 0 Å². The molecule has 0 bridgehead atoms. The number of carbonyl (C=O) groups excluding carboxylic acids is 1. The van der Waals surface area contributed by atoms with Crippen molar-refractivity contribution < 1.29 is 14.3 Å². The van der Waals surface area contributed by atoms with Crippen LogP contribution in [0.15, 0.2) is 12.2 Å². The summed E-state index contributed by atoms with van der Waals surface area (Å²) in [6.07, 6.45) is 5.21. The highest BCUT2D eigenvalue weighted by Gasteiger charge is 1.88. The average Bonchev–Trinajstić information content (AvgIpc) is 2.10. The van der Waals surface area contributed by atoms with E-state index in [-0.39, 0.29) is 5.97 Å². The van der Waals surface area contributed by atoms with Crippen molar-refractivity contribution in [3.05, 3.63) is 12.2 Å². The van der Waals surface area contributed by atoms with Crippen LogP contribution in [0, 0.1) is 0 Å². The molecule has 0 heterocycles. The number of hydrogen-bond donors (Lipinski definition) is 0. The van der Waals surface area contributed by atoms with Crippen molar-refractivity contribution in [2.45, 2.75) is 19.8 Å². The molecule has 0 N–H and O–H groups in total. The average molecular weight is 172 g/mol. The van der Waals surface area contributed by atoms with Gasteiger partial charge in [-0.05, 0) is 6.42 Å². The lowest BCUT2D eigenvalue weighted by atomic mass is 10.4. The first-order chi connectivity index (χ1) is 5.81. The van der Waals surface area contributed by atoms with Crippen molar-refractivity contribution in [3.8, 4) is 0 Å². The van der Waals surface area contributed by atoms with Crippen LogP contribution >= 0.6 is 0 Å². The van der Waals surface area contributed by atoms with E-state index in [0.717, 1.165) is 19.4 Å². The largest absolute Gasteiger partial charge is 0.466 e. The lowest BCUT2D eigenvalue weighted by molar-refractivity contribution is -0.134. The molecule has 0 fully saturated rings. The van der Waals surface area contributed by atoms with Gasteiger partial charge in [0, 0.05) is 12.7 Å². The number of unbranched alkanes of at least 4 members (excludes halogenated alkanes) is 1. The molecule has 0 atom stereocenters. The molecule has 0 aliphatic carbocycles. The van der Waals surface area contributed by atoms with Gasteiger partial charge < -0.3 is 9.47 Å². The molecule has 0 aliphatic heterocycles. The molecule has 0 aromatic carbocycles. The van der Waals surface area contributed by atoms with Crippen molar-refractivity contribution in [2.24, 2.45) is 0 Å². The van der Waals surface area contributed by atoms with Gasteiger partial charge in [0.05, 0.1) is 13.7 Å². The van der Waals surface area contributed by atoms with Gasteiger partial charge in [0.1, 0.15) is 0 Å². The molecule has 0 aromatic rings. The van der Waals surface area contributed by atoms with E-state index in [9.17, 15) is 4.79 Å². The van der Waals surface area contributed by atoms with Crippen LogP contribution in [0.4, 0.5) is 0 Å². The molecular weight excluding hydrogens is 156 g/mol. The zero-order valence-corrected chi connectivity index (χ0v) is 7.71. The van der Waals surface area contributed by atoms with Crippen LogP contribution in [0.2, 0.25) is 0 Å². The molecule has 0 aliphatic rings. The monoisotopic (exact) mass is 172 g/mol. The summed E-state index contributed by atoms with van der Waals surface area (Å²) in [5.74, 6) is -0.339. The van der Waals surface area contributed by atoms with Gasteiger partial charge >= 0.3 is 5.97 Å². The second kappa shape index (κ2) is 8.27. The number of carbonyl (C=O) groups is 1. The van der Waals surface area contributed by atoms with Crippen molar-refractivity contribution in [1.82, 2.24) is 0 Å². The Hall–Kier alpha value is -0.830. The Labute approximate surface area is 73.4 Å². The fourth-order valence-corrected chi connectivity index (χ4v) is 0.610. The fourth-order valence-electron chi connectivity index (χ4n) is 0.610. The Morgan fingerprint density at radius 2 is 2.25 bits per heavy atom. The Morgan fingerprint density at radius 1 is 1.50 bits per heavy atom. The SMILES string of the molecule is CCCCOCC=CC(=O)OC. The molecule has 0 aromatic heterocycles. The molecular formula is C9H16O3. The van der Waals surface area contributed by atoms with E-state index in [4.69, 9.17) is 4.74 Å². The van der Waals surface area contributed by atoms with Crippen molar-refractivity contribution in [2.75, 3.05) is 20.3 Å². The third-order valence-electron chi connectivity index (χ3n) is 1.31. The molecule has 0 radical (unpaired) electrons. The second-order valence-electron chi connectivity index (χ2n) is 2.35. The summed E-state index contributed by atoms with van der Waals surface area (Å²) < 4.78 is 9.57. The minimum Gasteiger partial charge on any atom is -0.466 e. The Balaban J connectivity index is 3.18. The van der Waals surface area contributed by atoms with E-state index in [0.29, 0.717) is 6.61 Å². The predicted octanol–water partition coefficient (Wildman–Crippen LogP) is 1.53. The number of methoxy groups -OCH3 is 1. The third-order valence-corrected chi connectivity index (χ3v) is 1.31. The molecule has 0 saturated heterocycles. The first-order valence-electron chi connectivity index (χ1n) is 4.13. The van der Waals surface area contributed by atoms with Crippen LogP contribution in [0.25, 0.3) is 0 Å². The highest BCUT2D eigenvalue weighted by molar-refractivity contribution is 5.81. The van der Waals surface area contributed by atoms with Gasteiger partial charge in [-0.1, -0.05) is 19.4 Å². The van der Waals surface area contributed by atoms with Crippen molar-refractivity contribution in [3.63, 3.8) is 0 Å². The van der Waals surface area contributed by atoms with Gasteiger partial charge in [-0.3, -0.25) is 0 Å². The first kappa shape index (κ1) is 11.2. The molecule has 12 heavy (non-hydrogen) atoms. The second-order valence-corrected chi connectivity index (χ2v) is 2.35. The standard InChI is InChI=1S/C9H16O3/c1-3-4-7-12-8-5-6-9(10)11-2/h5-6H,3-4,7-8H2,1-2H3. The van der Waals surface area contributed by atoms with E-state index in [2.05, 4.69) is 11.7 Å². The maximum Gasteiger partial charge on any atom is 0.330 e. The van der Waals surface area contributed by atoms with Crippen LogP contribution in [0.5, 0.6) is 0 Å². The molecule has 70 valence electrons.